The highest BCUT2D eigenvalue weighted by atomic mass is 35.5. The molecule has 1 fully saturated rings. The lowest BCUT2D eigenvalue weighted by atomic mass is 9.97. The van der Waals surface area contributed by atoms with Gasteiger partial charge in [-0.1, -0.05) is 29.8 Å². The maximum Gasteiger partial charge on any atom is 0.150 e. The summed E-state index contributed by atoms with van der Waals surface area (Å²) < 4.78 is 44.5. The molecule has 1 atom stereocenters. The second-order valence-corrected chi connectivity index (χ2v) is 14.6. The van der Waals surface area contributed by atoms with E-state index in [2.05, 4.69) is 20.6 Å². The van der Waals surface area contributed by atoms with E-state index in [4.69, 9.17) is 16.3 Å². The molecule has 3 heterocycles. The Hall–Kier alpha value is -4.07. The molecule has 6 rings (SSSR count). The predicted octanol–water partition coefficient (Wildman–Crippen LogP) is 5.10. The zero-order chi connectivity index (χ0) is 33.0. The number of hydrogen-bond acceptors (Lipinski definition) is 9. The first-order valence-corrected chi connectivity index (χ1v) is 17.4. The predicted molar refractivity (Wildman–Crippen MR) is 180 cm³/mol. The molecule has 1 saturated heterocycles. The molecule has 4 N–H and O–H groups in total. The van der Waals surface area contributed by atoms with Gasteiger partial charge in [0, 0.05) is 43.1 Å². The Bertz CT molecular complexity index is 1980. The summed E-state index contributed by atoms with van der Waals surface area (Å²) >= 11 is 6.51. The first-order valence-electron chi connectivity index (χ1n) is 15.2. The molecule has 3 aromatic carbocycles. The third kappa shape index (κ3) is 8.45. The summed E-state index contributed by atoms with van der Waals surface area (Å²) in [6.07, 6.45) is 5.01. The number of aromatic nitrogens is 3. The van der Waals surface area contributed by atoms with Crippen molar-refractivity contribution < 1.29 is 27.8 Å². The van der Waals surface area contributed by atoms with Gasteiger partial charge in [-0.05, 0) is 78.1 Å². The van der Waals surface area contributed by atoms with Crippen molar-refractivity contribution in [2.45, 2.75) is 37.7 Å². The molecule has 0 radical (unpaired) electrons. The van der Waals surface area contributed by atoms with Gasteiger partial charge in [0.15, 0.2) is 9.84 Å². The minimum Gasteiger partial charge on any atom is -0.487 e. The number of nitrogens with zero attached hydrogens (tertiary/aromatic N) is 3. The molecule has 47 heavy (non-hydrogen) atoms. The Morgan fingerprint density at radius 3 is 2.66 bits per heavy atom. The average molecular weight is 680 g/mol. The van der Waals surface area contributed by atoms with Crippen LogP contribution in [-0.2, 0) is 23.0 Å². The molecule has 0 aliphatic carbocycles. The van der Waals surface area contributed by atoms with Crippen molar-refractivity contribution in [3.05, 3.63) is 102 Å². The first kappa shape index (κ1) is 32.9. The van der Waals surface area contributed by atoms with Crippen LogP contribution < -0.4 is 15.4 Å². The summed E-state index contributed by atoms with van der Waals surface area (Å²) in [6.45, 7) is 1.01. The lowest BCUT2D eigenvalue weighted by Crippen LogP contribution is -2.48. The van der Waals surface area contributed by atoms with E-state index in [0.717, 1.165) is 22.0 Å². The van der Waals surface area contributed by atoms with Crippen molar-refractivity contribution in [1.82, 2.24) is 19.9 Å². The van der Waals surface area contributed by atoms with Crippen LogP contribution in [0.1, 0.15) is 18.4 Å². The summed E-state index contributed by atoms with van der Waals surface area (Å²) in [7, 11) is -3.07. The number of sulfone groups is 1. The Morgan fingerprint density at radius 1 is 1.04 bits per heavy atom. The molecule has 0 amide bonds. The molecular weight excluding hydrogens is 645 g/mol. The highest BCUT2D eigenvalue weighted by Crippen LogP contribution is 2.32. The summed E-state index contributed by atoms with van der Waals surface area (Å²) in [5.74, 6) is 0.708. The van der Waals surface area contributed by atoms with Crippen molar-refractivity contribution >= 4 is 43.8 Å². The molecule has 0 bridgehead atoms. The molecular formula is C34H35ClFN5O5S. The van der Waals surface area contributed by atoms with Crippen molar-refractivity contribution in [2.75, 3.05) is 29.9 Å². The largest absolute Gasteiger partial charge is 0.487 e. The molecule has 1 unspecified atom stereocenters. The molecule has 1 aliphatic rings. The summed E-state index contributed by atoms with van der Waals surface area (Å²) in [6, 6.07) is 19.4. The number of ether oxygens (including phenoxy) is 1. The fourth-order valence-corrected chi connectivity index (χ4v) is 7.38. The van der Waals surface area contributed by atoms with E-state index in [1.807, 2.05) is 47.3 Å². The normalized spacial score (nSPS) is 16.2. The van der Waals surface area contributed by atoms with Crippen LogP contribution in [0.15, 0.2) is 85.5 Å². The number of fused-ring (bicyclic) bond motifs is 1. The summed E-state index contributed by atoms with van der Waals surface area (Å²) in [5.41, 5.74) is 2.97. The van der Waals surface area contributed by atoms with Gasteiger partial charge in [0.2, 0.25) is 0 Å². The van der Waals surface area contributed by atoms with Crippen LogP contribution in [0.2, 0.25) is 5.02 Å². The number of halogens is 2. The average Bonchev–Trinajstić information content (AvgIpc) is 3.51. The molecule has 1 aliphatic heterocycles. The number of benzene rings is 3. The highest BCUT2D eigenvalue weighted by molar-refractivity contribution is 7.91. The Morgan fingerprint density at radius 2 is 1.87 bits per heavy atom. The first-order chi connectivity index (χ1) is 22.5. The van der Waals surface area contributed by atoms with Gasteiger partial charge in [-0.2, -0.15) is 0 Å². The fraction of sp³-hybridized carbons (Fsp3) is 0.294. The summed E-state index contributed by atoms with van der Waals surface area (Å²) in [4.78, 5) is 8.88. The van der Waals surface area contributed by atoms with E-state index in [1.165, 1.54) is 18.5 Å². The van der Waals surface area contributed by atoms with Crippen molar-refractivity contribution in [2.24, 2.45) is 0 Å². The van der Waals surface area contributed by atoms with Crippen molar-refractivity contribution in [1.29, 1.82) is 0 Å². The molecule has 5 aromatic rings. The van der Waals surface area contributed by atoms with Crippen LogP contribution >= 0.6 is 11.6 Å². The second-order valence-electron chi connectivity index (χ2n) is 11.9. The van der Waals surface area contributed by atoms with Gasteiger partial charge >= 0.3 is 0 Å². The lowest BCUT2D eigenvalue weighted by Gasteiger charge is -2.32. The van der Waals surface area contributed by atoms with Gasteiger partial charge < -0.3 is 30.2 Å². The van der Waals surface area contributed by atoms with Crippen LogP contribution in [0.4, 0.5) is 15.9 Å². The van der Waals surface area contributed by atoms with Gasteiger partial charge in [-0.15, -0.1) is 0 Å². The Kier molecular flexibility index (Phi) is 9.76. The van der Waals surface area contributed by atoms with Crippen LogP contribution in [-0.4, -0.2) is 69.5 Å². The number of hydrogen-bond donors (Lipinski definition) is 4. The van der Waals surface area contributed by atoms with Crippen LogP contribution in [0.25, 0.3) is 22.0 Å². The molecule has 13 heteroatoms. The zero-order valence-corrected chi connectivity index (χ0v) is 27.0. The van der Waals surface area contributed by atoms with E-state index in [9.17, 15) is 23.0 Å². The smallest absolute Gasteiger partial charge is 0.150 e. The Balaban J connectivity index is 1.08. The molecule has 2 aromatic heterocycles. The molecule has 0 saturated carbocycles. The second kappa shape index (κ2) is 14.0. The maximum absolute atomic E-state index is 13.5. The topological polar surface area (TPSA) is 139 Å². The number of anilines is 2. The molecule has 10 nitrogen and oxygen atoms in total. The lowest BCUT2D eigenvalue weighted by molar-refractivity contribution is 0.0269. The van der Waals surface area contributed by atoms with E-state index in [-0.39, 0.29) is 49.9 Å². The van der Waals surface area contributed by atoms with Crippen LogP contribution in [0.5, 0.6) is 5.75 Å². The SMILES string of the molecule is O=S1(=O)CCC(O)(CNCC(O)Cn2ccc(-c3ccc4ncnc(Nc5ccc(OCc6cccc(F)c6)c(Cl)c5)c4c3)c2)CC1. The summed E-state index contributed by atoms with van der Waals surface area (Å²) in [5, 5.41) is 28.9. The van der Waals surface area contributed by atoms with Gasteiger partial charge in [-0.3, -0.25) is 0 Å². The van der Waals surface area contributed by atoms with E-state index in [1.54, 1.807) is 24.3 Å². The Labute approximate surface area is 277 Å². The van der Waals surface area contributed by atoms with Gasteiger partial charge in [0.1, 0.15) is 30.3 Å². The molecule has 0 spiro atoms. The zero-order valence-electron chi connectivity index (χ0n) is 25.4. The number of aliphatic hydroxyl groups is 2. The minimum atomic E-state index is -3.07. The van der Waals surface area contributed by atoms with E-state index < -0.39 is 21.5 Å². The van der Waals surface area contributed by atoms with Gasteiger partial charge in [-0.25, -0.2) is 22.8 Å². The fourth-order valence-electron chi connectivity index (χ4n) is 5.56. The van der Waals surface area contributed by atoms with E-state index in [0.29, 0.717) is 34.4 Å². The monoisotopic (exact) mass is 679 g/mol. The third-order valence-corrected chi connectivity index (χ3v) is 10.2. The van der Waals surface area contributed by atoms with Crippen molar-refractivity contribution in [3.63, 3.8) is 0 Å². The number of rotatable bonds is 12. The van der Waals surface area contributed by atoms with Crippen LogP contribution in [0.3, 0.4) is 0 Å². The number of aliphatic hydroxyl groups excluding tert-OH is 1. The third-order valence-electron chi connectivity index (χ3n) is 8.21. The minimum absolute atomic E-state index is 0.0182. The molecule has 246 valence electrons. The standard InChI is InChI=1S/C34H35ClFN5O5S/c35-30-16-27(5-7-32(30)46-20-23-2-1-3-26(36)14-23)40-33-29-15-24(4-6-31(29)38-22-39-33)25-8-11-41(18-25)19-28(42)17-37-21-34(43)9-12-47(44,45)13-10-34/h1-8,11,14-16,18,22,28,37,42-43H,9-10,12-13,17,19-21H2,(H,38,39,40). The van der Waals surface area contributed by atoms with Gasteiger partial charge in [0.05, 0.1) is 33.8 Å². The number of nitrogens with one attached hydrogen (secondary N) is 2. The van der Waals surface area contributed by atoms with Crippen LogP contribution in [0, 0.1) is 5.82 Å². The maximum atomic E-state index is 13.5. The quantitative estimate of drug-likeness (QED) is 0.142. The van der Waals surface area contributed by atoms with Gasteiger partial charge in [0.25, 0.3) is 0 Å². The van der Waals surface area contributed by atoms with Crippen molar-refractivity contribution in [3.8, 4) is 16.9 Å². The highest BCUT2D eigenvalue weighted by Gasteiger charge is 2.35. The van der Waals surface area contributed by atoms with E-state index >= 15 is 0 Å².